The first kappa shape index (κ1) is 3.89. The maximum absolute atomic E-state index is 7.95. The number of nitrogens with zero attached hydrogens (tertiary/aromatic N) is 4. The molecule has 1 rings (SSSR count). The van der Waals surface area contributed by atoms with Gasteiger partial charge in [-0.05, 0) is 5.11 Å². The van der Waals surface area contributed by atoms with E-state index < -0.39 is 0 Å². The lowest BCUT2D eigenvalue weighted by molar-refractivity contribution is -0.00491. The summed E-state index contributed by atoms with van der Waals surface area (Å²) in [5.41, 5.74) is 7.95. The number of rotatable bonds is 0. The molecular formula is C3H2N4. The van der Waals surface area contributed by atoms with Crippen molar-refractivity contribution in [2.75, 3.05) is 0 Å². The van der Waals surface area contributed by atoms with Gasteiger partial charge in [-0.3, -0.25) is 0 Å². The molecule has 0 atom stereocenters. The van der Waals surface area contributed by atoms with E-state index in [0.29, 0.717) is 0 Å². The standard InChI is InChI=1S/C3H2N4/c4-6-3-1-2-5-7-3/h1-2H. The molecular weight excluding hydrogens is 92.1 g/mol. The first-order valence-electron chi connectivity index (χ1n) is 1.73. The van der Waals surface area contributed by atoms with Gasteiger partial charge in [0.25, 0.3) is 0 Å². The van der Waals surface area contributed by atoms with Crippen molar-refractivity contribution in [3.8, 4) is 0 Å². The van der Waals surface area contributed by atoms with Gasteiger partial charge in [0.05, 0.1) is 17.4 Å². The molecule has 0 fully saturated rings. The highest BCUT2D eigenvalue weighted by molar-refractivity contribution is 5.89. The van der Waals surface area contributed by atoms with Crippen molar-refractivity contribution in [2.24, 2.45) is 10.2 Å². The van der Waals surface area contributed by atoms with E-state index in [1.807, 2.05) is 0 Å². The first-order valence-corrected chi connectivity index (χ1v) is 1.73. The van der Waals surface area contributed by atoms with Gasteiger partial charge >= 0.3 is 5.84 Å². The molecule has 0 saturated carbocycles. The highest BCUT2D eigenvalue weighted by Crippen LogP contribution is 1.90. The van der Waals surface area contributed by atoms with Crippen molar-refractivity contribution in [3.05, 3.63) is 17.8 Å². The van der Waals surface area contributed by atoms with E-state index >= 15 is 0 Å². The van der Waals surface area contributed by atoms with Gasteiger partial charge in [-0.2, -0.15) is 0 Å². The van der Waals surface area contributed by atoms with Gasteiger partial charge in [-0.25, -0.2) is 0 Å². The van der Waals surface area contributed by atoms with Gasteiger partial charge < -0.3 is 10.3 Å². The zero-order chi connectivity index (χ0) is 5.11. The van der Waals surface area contributed by atoms with E-state index in [0.717, 1.165) is 0 Å². The van der Waals surface area contributed by atoms with Crippen LogP contribution in [0.1, 0.15) is 0 Å². The smallest absolute Gasteiger partial charge is 0.427 e. The lowest BCUT2D eigenvalue weighted by atomic mass is 10.6. The average molecular weight is 94.1 g/mol. The second-order valence-corrected chi connectivity index (χ2v) is 0.989. The van der Waals surface area contributed by atoms with Crippen LogP contribution in [0.2, 0.25) is 0 Å². The quantitative estimate of drug-likeness (QED) is 0.311. The lowest BCUT2D eigenvalue weighted by Crippen LogP contribution is -1.80. The van der Waals surface area contributed by atoms with Crippen molar-refractivity contribution < 1.29 is 4.79 Å². The van der Waals surface area contributed by atoms with E-state index in [9.17, 15) is 0 Å². The predicted molar refractivity (Wildman–Crippen MR) is 22.6 cm³/mol. The highest BCUT2D eigenvalue weighted by atomic mass is 15.2. The predicted octanol–water partition coefficient (Wildman–Crippen LogP) is 0.594. The van der Waals surface area contributed by atoms with Gasteiger partial charge in [0, 0.05) is 0 Å². The summed E-state index contributed by atoms with van der Waals surface area (Å²) >= 11 is 0. The normalized spacial score (nSPS) is 15.1. The number of amidine groups is 1. The minimum atomic E-state index is 0.250. The third kappa shape index (κ3) is 0.586. The fraction of sp³-hybridized carbons (Fsp3) is 0. The highest BCUT2D eigenvalue weighted by Gasteiger charge is 2.04. The molecule has 0 saturated heterocycles. The van der Waals surface area contributed by atoms with Crippen LogP contribution in [0.25, 0.3) is 5.53 Å². The van der Waals surface area contributed by atoms with Gasteiger partial charge in [0.15, 0.2) is 0 Å². The molecule has 0 aromatic carbocycles. The fourth-order valence-corrected chi connectivity index (χ4v) is 0.279. The van der Waals surface area contributed by atoms with E-state index in [-0.39, 0.29) is 5.84 Å². The largest absolute Gasteiger partial charge is 0.497 e. The van der Waals surface area contributed by atoms with Gasteiger partial charge in [0.1, 0.15) is 0 Å². The molecule has 34 valence electrons. The summed E-state index contributed by atoms with van der Waals surface area (Å²) < 4.78 is 0. The Morgan fingerprint density at radius 3 is 2.86 bits per heavy atom. The maximum Gasteiger partial charge on any atom is 0.427 e. The molecule has 0 radical (unpaired) electrons. The van der Waals surface area contributed by atoms with Crippen LogP contribution < -0.4 is 0 Å². The summed E-state index contributed by atoms with van der Waals surface area (Å²) in [7, 11) is 0. The first-order chi connectivity index (χ1) is 3.43. The Hall–Kier alpha value is -1.28. The second-order valence-electron chi connectivity index (χ2n) is 0.989. The average Bonchev–Trinajstić information content (AvgIpc) is 2.14. The van der Waals surface area contributed by atoms with E-state index in [4.69, 9.17) is 5.53 Å². The summed E-state index contributed by atoms with van der Waals surface area (Å²) in [5.74, 6) is 0.250. The molecule has 0 aromatic heterocycles. The summed E-state index contributed by atoms with van der Waals surface area (Å²) in [6, 6.07) is 0. The SMILES string of the molecule is [N-]=[N+]=C1C=CN=N1. The maximum atomic E-state index is 7.95. The molecule has 7 heavy (non-hydrogen) atoms. The van der Waals surface area contributed by atoms with Crippen molar-refractivity contribution in [2.45, 2.75) is 0 Å². The van der Waals surface area contributed by atoms with Crippen LogP contribution in [0.15, 0.2) is 22.5 Å². The van der Waals surface area contributed by atoms with Crippen LogP contribution in [-0.4, -0.2) is 10.6 Å². The Balaban J connectivity index is 3.00. The van der Waals surface area contributed by atoms with Crippen LogP contribution in [0.5, 0.6) is 0 Å². The second kappa shape index (κ2) is 1.45. The van der Waals surface area contributed by atoms with Gasteiger partial charge in [-0.15, -0.1) is 0 Å². The molecule has 1 aliphatic rings. The van der Waals surface area contributed by atoms with Gasteiger partial charge in [-0.1, -0.05) is 0 Å². The Labute approximate surface area is 39.8 Å². The molecule has 1 aliphatic heterocycles. The molecule has 4 heteroatoms. The van der Waals surface area contributed by atoms with E-state index in [2.05, 4.69) is 15.0 Å². The molecule has 4 nitrogen and oxygen atoms in total. The third-order valence-corrected chi connectivity index (χ3v) is 0.553. The van der Waals surface area contributed by atoms with Crippen LogP contribution >= 0.6 is 0 Å². The Morgan fingerprint density at radius 2 is 2.57 bits per heavy atom. The summed E-state index contributed by atoms with van der Waals surface area (Å²) in [6.45, 7) is 0. The van der Waals surface area contributed by atoms with Crippen LogP contribution in [-0.2, 0) is 0 Å². The molecule has 1 heterocycles. The third-order valence-electron chi connectivity index (χ3n) is 0.553. The summed E-state index contributed by atoms with van der Waals surface area (Å²) in [6.07, 6.45) is 2.95. The topological polar surface area (TPSA) is 61.1 Å². The summed E-state index contributed by atoms with van der Waals surface area (Å²) in [5, 5.41) is 6.76. The molecule has 0 aromatic rings. The zero-order valence-electron chi connectivity index (χ0n) is 3.44. The Kier molecular flexibility index (Phi) is 0.805. The van der Waals surface area contributed by atoms with Crippen molar-refractivity contribution >= 4 is 5.84 Å². The Morgan fingerprint density at radius 1 is 1.71 bits per heavy atom. The monoisotopic (exact) mass is 94.0 g/mol. The molecule has 0 spiro atoms. The molecule has 0 aliphatic carbocycles. The molecule has 0 unspecified atom stereocenters. The molecule has 0 N–H and O–H groups in total. The number of hydrogen-bond donors (Lipinski definition) is 0. The van der Waals surface area contributed by atoms with Crippen LogP contribution in [0, 0.1) is 0 Å². The summed E-state index contributed by atoms with van der Waals surface area (Å²) in [4.78, 5) is 2.76. The van der Waals surface area contributed by atoms with Crippen molar-refractivity contribution in [1.82, 2.24) is 0 Å². The van der Waals surface area contributed by atoms with Crippen molar-refractivity contribution in [1.29, 1.82) is 0 Å². The lowest BCUT2D eigenvalue weighted by Gasteiger charge is -1.57. The van der Waals surface area contributed by atoms with Crippen molar-refractivity contribution in [3.63, 3.8) is 0 Å². The van der Waals surface area contributed by atoms with Crippen LogP contribution in [0.4, 0.5) is 0 Å². The Bertz CT molecular complexity index is 157. The minimum absolute atomic E-state index is 0.250. The van der Waals surface area contributed by atoms with E-state index in [1.54, 1.807) is 0 Å². The molecule has 0 bridgehead atoms. The number of hydrogen-bond acceptors (Lipinski definition) is 1. The van der Waals surface area contributed by atoms with Gasteiger partial charge in [0.2, 0.25) is 0 Å². The van der Waals surface area contributed by atoms with E-state index in [1.165, 1.54) is 12.3 Å². The zero-order valence-corrected chi connectivity index (χ0v) is 3.44. The molecule has 0 amide bonds. The minimum Gasteiger partial charge on any atom is -0.497 e. The fourth-order valence-electron chi connectivity index (χ4n) is 0.279. The number of azo groups is 1. The van der Waals surface area contributed by atoms with Crippen LogP contribution in [0.3, 0.4) is 0 Å².